The minimum Gasteiger partial charge on any atom is -0.377 e. The van der Waals surface area contributed by atoms with Crippen LogP contribution in [0, 0.1) is 12.8 Å². The van der Waals surface area contributed by atoms with E-state index in [1.165, 1.54) is 11.1 Å². The van der Waals surface area contributed by atoms with E-state index in [2.05, 4.69) is 90.5 Å². The maximum atomic E-state index is 3.66. The van der Waals surface area contributed by atoms with Crippen molar-refractivity contribution in [3.05, 3.63) is 64.1 Å². The second kappa shape index (κ2) is 6.25. The fraction of sp³-hybridized carbons (Fsp3) is 0.294. The lowest BCUT2D eigenvalue weighted by molar-refractivity contribution is 0.546. The predicted molar refractivity (Wildman–Crippen MR) is 86.5 cm³/mol. The molecule has 0 aliphatic heterocycles. The Bertz CT molecular complexity index is 534. The molecule has 1 N–H and O–H groups in total. The van der Waals surface area contributed by atoms with Gasteiger partial charge >= 0.3 is 0 Å². The zero-order valence-corrected chi connectivity index (χ0v) is 13.2. The zero-order chi connectivity index (χ0) is 13.8. The molecule has 2 aromatic rings. The van der Waals surface area contributed by atoms with E-state index in [1.807, 2.05) is 0 Å². The van der Waals surface area contributed by atoms with Crippen LogP contribution in [0.5, 0.6) is 0 Å². The minimum absolute atomic E-state index is 0.319. The number of hydrogen-bond acceptors (Lipinski definition) is 1. The SMILES string of the molecule is Cc1ccc(Br)c(NC(c2ccccc2)C(C)C)c1. The number of hydrogen-bond donors (Lipinski definition) is 1. The van der Waals surface area contributed by atoms with Crippen molar-refractivity contribution in [1.29, 1.82) is 0 Å². The first-order chi connectivity index (χ1) is 9.08. The molecule has 0 amide bonds. The van der Waals surface area contributed by atoms with Crippen molar-refractivity contribution in [1.82, 2.24) is 0 Å². The van der Waals surface area contributed by atoms with Crippen LogP contribution in [-0.4, -0.2) is 0 Å². The third kappa shape index (κ3) is 3.60. The second-order valence-electron chi connectivity index (χ2n) is 5.26. The van der Waals surface area contributed by atoms with Crippen LogP contribution in [-0.2, 0) is 0 Å². The smallest absolute Gasteiger partial charge is 0.0537 e. The summed E-state index contributed by atoms with van der Waals surface area (Å²) in [5.41, 5.74) is 3.75. The molecule has 19 heavy (non-hydrogen) atoms. The van der Waals surface area contributed by atoms with E-state index in [-0.39, 0.29) is 0 Å². The van der Waals surface area contributed by atoms with Crippen molar-refractivity contribution in [2.24, 2.45) is 5.92 Å². The van der Waals surface area contributed by atoms with E-state index in [4.69, 9.17) is 0 Å². The molecule has 0 fully saturated rings. The number of anilines is 1. The molecule has 2 aromatic carbocycles. The van der Waals surface area contributed by atoms with Crippen LogP contribution in [0.25, 0.3) is 0 Å². The first-order valence-electron chi connectivity index (χ1n) is 6.65. The number of aryl methyl sites for hydroxylation is 1. The van der Waals surface area contributed by atoms with E-state index in [9.17, 15) is 0 Å². The Balaban J connectivity index is 2.29. The Labute approximate surface area is 124 Å². The molecule has 1 atom stereocenters. The summed E-state index contributed by atoms with van der Waals surface area (Å²) in [7, 11) is 0. The van der Waals surface area contributed by atoms with E-state index >= 15 is 0 Å². The highest BCUT2D eigenvalue weighted by atomic mass is 79.9. The highest BCUT2D eigenvalue weighted by Crippen LogP contribution is 2.31. The largest absolute Gasteiger partial charge is 0.377 e. The maximum Gasteiger partial charge on any atom is 0.0537 e. The summed E-state index contributed by atoms with van der Waals surface area (Å²) >= 11 is 3.62. The summed E-state index contributed by atoms with van der Waals surface area (Å²) in [6.07, 6.45) is 0. The zero-order valence-electron chi connectivity index (χ0n) is 11.7. The third-order valence-electron chi connectivity index (χ3n) is 3.26. The van der Waals surface area contributed by atoms with Gasteiger partial charge in [-0.15, -0.1) is 0 Å². The summed E-state index contributed by atoms with van der Waals surface area (Å²) in [5, 5.41) is 3.66. The summed E-state index contributed by atoms with van der Waals surface area (Å²) in [5.74, 6) is 0.523. The van der Waals surface area contributed by atoms with Crippen LogP contribution >= 0.6 is 15.9 Å². The van der Waals surface area contributed by atoms with Crippen LogP contribution in [0.15, 0.2) is 53.0 Å². The van der Waals surface area contributed by atoms with Gasteiger partial charge in [-0.25, -0.2) is 0 Å². The molecular formula is C17H20BrN. The van der Waals surface area contributed by atoms with Gasteiger partial charge in [0, 0.05) is 10.2 Å². The van der Waals surface area contributed by atoms with Crippen molar-refractivity contribution in [3.63, 3.8) is 0 Å². The Morgan fingerprint density at radius 3 is 2.32 bits per heavy atom. The second-order valence-corrected chi connectivity index (χ2v) is 6.11. The topological polar surface area (TPSA) is 12.0 Å². The lowest BCUT2D eigenvalue weighted by atomic mass is 9.95. The van der Waals surface area contributed by atoms with Gasteiger partial charge in [0.2, 0.25) is 0 Å². The molecule has 0 bridgehead atoms. The van der Waals surface area contributed by atoms with Gasteiger partial charge in [-0.05, 0) is 52.0 Å². The first-order valence-corrected chi connectivity index (χ1v) is 7.45. The lowest BCUT2D eigenvalue weighted by Gasteiger charge is -2.25. The first kappa shape index (κ1) is 14.1. The quantitative estimate of drug-likeness (QED) is 0.777. The van der Waals surface area contributed by atoms with Crippen LogP contribution in [0.1, 0.15) is 31.0 Å². The van der Waals surface area contributed by atoms with Crippen molar-refractivity contribution in [2.75, 3.05) is 5.32 Å². The van der Waals surface area contributed by atoms with Gasteiger partial charge < -0.3 is 5.32 Å². The Morgan fingerprint density at radius 1 is 1.00 bits per heavy atom. The monoisotopic (exact) mass is 317 g/mol. The molecule has 1 unspecified atom stereocenters. The van der Waals surface area contributed by atoms with E-state index < -0.39 is 0 Å². The normalized spacial score (nSPS) is 12.5. The lowest BCUT2D eigenvalue weighted by Crippen LogP contribution is -2.17. The highest BCUT2D eigenvalue weighted by molar-refractivity contribution is 9.10. The number of nitrogens with one attached hydrogen (secondary N) is 1. The van der Waals surface area contributed by atoms with Crippen LogP contribution in [0.4, 0.5) is 5.69 Å². The average molecular weight is 318 g/mol. The van der Waals surface area contributed by atoms with E-state index in [1.54, 1.807) is 0 Å². The minimum atomic E-state index is 0.319. The number of rotatable bonds is 4. The number of halogens is 1. The molecule has 2 heteroatoms. The van der Waals surface area contributed by atoms with Gasteiger partial charge in [0.05, 0.1) is 6.04 Å². The standard InChI is InChI=1S/C17H20BrN/c1-12(2)17(14-7-5-4-6-8-14)19-16-11-13(3)9-10-15(16)18/h4-12,17,19H,1-3H3. The average Bonchev–Trinajstić information content (AvgIpc) is 2.40. The summed E-state index contributed by atoms with van der Waals surface area (Å²) < 4.78 is 1.11. The molecule has 0 aliphatic carbocycles. The Morgan fingerprint density at radius 2 is 1.68 bits per heavy atom. The van der Waals surface area contributed by atoms with Gasteiger partial charge in [0.1, 0.15) is 0 Å². The molecule has 1 nitrogen and oxygen atoms in total. The van der Waals surface area contributed by atoms with Gasteiger partial charge in [0.15, 0.2) is 0 Å². The van der Waals surface area contributed by atoms with Gasteiger partial charge in [-0.3, -0.25) is 0 Å². The third-order valence-corrected chi connectivity index (χ3v) is 3.95. The highest BCUT2D eigenvalue weighted by Gasteiger charge is 2.16. The van der Waals surface area contributed by atoms with Crippen molar-refractivity contribution >= 4 is 21.6 Å². The molecule has 0 saturated heterocycles. The number of benzene rings is 2. The Hall–Kier alpha value is -1.28. The molecular weight excluding hydrogens is 298 g/mol. The summed E-state index contributed by atoms with van der Waals surface area (Å²) in [4.78, 5) is 0. The molecule has 0 saturated carbocycles. The molecule has 2 rings (SSSR count). The van der Waals surface area contributed by atoms with Gasteiger partial charge in [-0.2, -0.15) is 0 Å². The fourth-order valence-corrected chi connectivity index (χ4v) is 2.57. The molecule has 0 aromatic heterocycles. The maximum absolute atomic E-state index is 3.66. The van der Waals surface area contributed by atoms with E-state index in [0.717, 1.165) is 10.2 Å². The van der Waals surface area contributed by atoms with Crippen LogP contribution in [0.3, 0.4) is 0 Å². The van der Waals surface area contributed by atoms with Crippen molar-refractivity contribution in [2.45, 2.75) is 26.8 Å². The molecule has 0 radical (unpaired) electrons. The Kier molecular flexibility index (Phi) is 4.65. The van der Waals surface area contributed by atoms with Gasteiger partial charge in [-0.1, -0.05) is 50.2 Å². The van der Waals surface area contributed by atoms with Crippen molar-refractivity contribution < 1.29 is 0 Å². The van der Waals surface area contributed by atoms with Crippen molar-refractivity contribution in [3.8, 4) is 0 Å². The molecule has 0 heterocycles. The fourth-order valence-electron chi connectivity index (χ4n) is 2.21. The molecule has 0 spiro atoms. The predicted octanol–water partition coefficient (Wildman–Crippen LogP) is 5.57. The van der Waals surface area contributed by atoms with E-state index in [0.29, 0.717) is 12.0 Å². The van der Waals surface area contributed by atoms with Crippen LogP contribution < -0.4 is 5.32 Å². The van der Waals surface area contributed by atoms with Gasteiger partial charge in [0.25, 0.3) is 0 Å². The summed E-state index contributed by atoms with van der Waals surface area (Å²) in [6.45, 7) is 6.60. The molecule has 0 aliphatic rings. The molecule has 100 valence electrons. The summed E-state index contributed by atoms with van der Waals surface area (Å²) in [6, 6.07) is 17.3. The van der Waals surface area contributed by atoms with Crippen LogP contribution in [0.2, 0.25) is 0 Å².